The van der Waals surface area contributed by atoms with Crippen LogP contribution in [0.15, 0.2) is 24.8 Å². The summed E-state index contributed by atoms with van der Waals surface area (Å²) in [5, 5.41) is 0. The van der Waals surface area contributed by atoms with E-state index < -0.39 is 0 Å². The van der Waals surface area contributed by atoms with Gasteiger partial charge < -0.3 is 5.73 Å². The monoisotopic (exact) mass is 159 g/mol. The van der Waals surface area contributed by atoms with Crippen LogP contribution in [0.5, 0.6) is 0 Å². The summed E-state index contributed by atoms with van der Waals surface area (Å²) in [6.07, 6.45) is 4.47. The van der Waals surface area contributed by atoms with E-state index in [9.17, 15) is 0 Å². The summed E-state index contributed by atoms with van der Waals surface area (Å²) in [6, 6.07) is 6.04. The molecular formula is C11H13N. The van der Waals surface area contributed by atoms with E-state index >= 15 is 0 Å². The standard InChI is InChI=1S/C11H13N/c1-2-8-4-3-5-10(12)11(8)9-6-7-9/h2-5,9H,1,6-7,12H2. The molecule has 1 aliphatic carbocycles. The fourth-order valence-corrected chi connectivity index (χ4v) is 1.62. The number of benzene rings is 1. The smallest absolute Gasteiger partial charge is 0.0355 e. The summed E-state index contributed by atoms with van der Waals surface area (Å²) in [5.41, 5.74) is 9.33. The van der Waals surface area contributed by atoms with E-state index in [2.05, 4.69) is 12.6 Å². The van der Waals surface area contributed by atoms with Crippen molar-refractivity contribution in [2.75, 3.05) is 5.73 Å². The second-order valence-electron chi connectivity index (χ2n) is 3.33. The normalized spacial score (nSPS) is 16.0. The third-order valence-corrected chi connectivity index (χ3v) is 2.38. The van der Waals surface area contributed by atoms with E-state index in [4.69, 9.17) is 5.73 Å². The van der Waals surface area contributed by atoms with Gasteiger partial charge in [0.25, 0.3) is 0 Å². The zero-order valence-corrected chi connectivity index (χ0v) is 7.09. The van der Waals surface area contributed by atoms with Gasteiger partial charge in [-0.25, -0.2) is 0 Å². The Bertz CT molecular complexity index is 311. The van der Waals surface area contributed by atoms with Gasteiger partial charge >= 0.3 is 0 Å². The number of nitrogens with two attached hydrogens (primary N) is 1. The predicted molar refractivity (Wildman–Crippen MR) is 52.9 cm³/mol. The molecule has 2 rings (SSSR count). The van der Waals surface area contributed by atoms with Crippen molar-refractivity contribution in [3.05, 3.63) is 35.9 Å². The lowest BCUT2D eigenvalue weighted by Crippen LogP contribution is -1.94. The van der Waals surface area contributed by atoms with E-state index in [-0.39, 0.29) is 0 Å². The summed E-state index contributed by atoms with van der Waals surface area (Å²) in [4.78, 5) is 0. The summed E-state index contributed by atoms with van der Waals surface area (Å²) >= 11 is 0. The third kappa shape index (κ3) is 1.11. The molecule has 0 unspecified atom stereocenters. The van der Waals surface area contributed by atoms with Gasteiger partial charge in [0.2, 0.25) is 0 Å². The minimum absolute atomic E-state index is 0.708. The third-order valence-electron chi connectivity index (χ3n) is 2.38. The lowest BCUT2D eigenvalue weighted by atomic mass is 10.0. The first-order valence-corrected chi connectivity index (χ1v) is 4.33. The molecule has 0 aliphatic heterocycles. The molecule has 0 radical (unpaired) electrons. The maximum Gasteiger partial charge on any atom is 0.0355 e. The zero-order chi connectivity index (χ0) is 8.55. The van der Waals surface area contributed by atoms with Crippen molar-refractivity contribution < 1.29 is 0 Å². The molecule has 1 aromatic rings. The Hall–Kier alpha value is -1.24. The van der Waals surface area contributed by atoms with Crippen molar-refractivity contribution >= 4 is 11.8 Å². The molecule has 1 aromatic carbocycles. The van der Waals surface area contributed by atoms with E-state index in [0.29, 0.717) is 5.92 Å². The van der Waals surface area contributed by atoms with Gasteiger partial charge in [-0.15, -0.1) is 0 Å². The molecular weight excluding hydrogens is 146 g/mol. The van der Waals surface area contributed by atoms with E-state index in [1.165, 1.54) is 24.0 Å². The highest BCUT2D eigenvalue weighted by molar-refractivity contribution is 5.64. The van der Waals surface area contributed by atoms with Crippen LogP contribution in [0.2, 0.25) is 0 Å². The Balaban J connectivity index is 2.52. The Morgan fingerprint density at radius 3 is 2.75 bits per heavy atom. The van der Waals surface area contributed by atoms with Crippen LogP contribution in [0.1, 0.15) is 29.9 Å². The highest BCUT2D eigenvalue weighted by Crippen LogP contribution is 2.44. The zero-order valence-electron chi connectivity index (χ0n) is 7.09. The fraction of sp³-hybridized carbons (Fsp3) is 0.273. The highest BCUT2D eigenvalue weighted by Gasteiger charge is 2.26. The van der Waals surface area contributed by atoms with Crippen LogP contribution < -0.4 is 5.73 Å². The molecule has 1 nitrogen and oxygen atoms in total. The van der Waals surface area contributed by atoms with Crippen molar-refractivity contribution in [3.63, 3.8) is 0 Å². The van der Waals surface area contributed by atoms with Gasteiger partial charge in [-0.05, 0) is 36.0 Å². The van der Waals surface area contributed by atoms with E-state index in [0.717, 1.165) is 5.69 Å². The van der Waals surface area contributed by atoms with Crippen molar-refractivity contribution in [1.29, 1.82) is 0 Å². The van der Waals surface area contributed by atoms with Gasteiger partial charge in [0.1, 0.15) is 0 Å². The second kappa shape index (κ2) is 2.67. The molecule has 0 amide bonds. The van der Waals surface area contributed by atoms with Crippen LogP contribution in [-0.2, 0) is 0 Å². The van der Waals surface area contributed by atoms with E-state index in [1.807, 2.05) is 18.2 Å². The maximum atomic E-state index is 5.89. The first-order valence-electron chi connectivity index (χ1n) is 4.33. The molecule has 0 heterocycles. The first kappa shape index (κ1) is 7.41. The molecule has 1 aliphatic rings. The Kier molecular flexibility index (Phi) is 1.65. The molecule has 1 heteroatoms. The molecule has 0 spiro atoms. The molecule has 0 saturated heterocycles. The highest BCUT2D eigenvalue weighted by atomic mass is 14.6. The van der Waals surface area contributed by atoms with Crippen LogP contribution in [0.3, 0.4) is 0 Å². The lowest BCUT2D eigenvalue weighted by Gasteiger charge is -2.07. The minimum Gasteiger partial charge on any atom is -0.398 e. The molecule has 2 N–H and O–H groups in total. The van der Waals surface area contributed by atoms with Crippen molar-refractivity contribution in [2.45, 2.75) is 18.8 Å². The van der Waals surface area contributed by atoms with Gasteiger partial charge in [-0.1, -0.05) is 24.8 Å². The number of rotatable bonds is 2. The van der Waals surface area contributed by atoms with Crippen LogP contribution in [0.4, 0.5) is 5.69 Å². The topological polar surface area (TPSA) is 26.0 Å². The molecule has 0 atom stereocenters. The number of hydrogen-bond donors (Lipinski definition) is 1. The molecule has 12 heavy (non-hydrogen) atoms. The van der Waals surface area contributed by atoms with Crippen LogP contribution in [-0.4, -0.2) is 0 Å². The Morgan fingerprint density at radius 1 is 1.42 bits per heavy atom. The van der Waals surface area contributed by atoms with E-state index in [1.54, 1.807) is 0 Å². The molecule has 1 fully saturated rings. The quantitative estimate of drug-likeness (QED) is 0.660. The number of nitrogen functional groups attached to an aromatic ring is 1. The van der Waals surface area contributed by atoms with Crippen LogP contribution in [0.25, 0.3) is 6.08 Å². The molecule has 1 saturated carbocycles. The summed E-state index contributed by atoms with van der Waals surface area (Å²) in [5.74, 6) is 0.708. The van der Waals surface area contributed by atoms with Gasteiger partial charge in [0, 0.05) is 5.69 Å². The number of anilines is 1. The molecule has 0 aromatic heterocycles. The fourth-order valence-electron chi connectivity index (χ4n) is 1.62. The van der Waals surface area contributed by atoms with Crippen molar-refractivity contribution in [3.8, 4) is 0 Å². The Morgan fingerprint density at radius 2 is 2.17 bits per heavy atom. The van der Waals surface area contributed by atoms with Gasteiger partial charge in [0.05, 0.1) is 0 Å². The average molecular weight is 159 g/mol. The van der Waals surface area contributed by atoms with Crippen LogP contribution in [0, 0.1) is 0 Å². The number of hydrogen-bond acceptors (Lipinski definition) is 1. The molecule has 62 valence electrons. The lowest BCUT2D eigenvalue weighted by molar-refractivity contribution is 1.13. The average Bonchev–Trinajstić information content (AvgIpc) is 2.87. The SMILES string of the molecule is C=Cc1cccc(N)c1C1CC1. The Labute approximate surface area is 72.9 Å². The summed E-state index contributed by atoms with van der Waals surface area (Å²) in [6.45, 7) is 3.79. The largest absolute Gasteiger partial charge is 0.398 e. The van der Waals surface area contributed by atoms with Gasteiger partial charge in [0.15, 0.2) is 0 Å². The van der Waals surface area contributed by atoms with Gasteiger partial charge in [-0.3, -0.25) is 0 Å². The summed E-state index contributed by atoms with van der Waals surface area (Å²) in [7, 11) is 0. The predicted octanol–water partition coefficient (Wildman–Crippen LogP) is 2.79. The van der Waals surface area contributed by atoms with Gasteiger partial charge in [-0.2, -0.15) is 0 Å². The maximum absolute atomic E-state index is 5.89. The van der Waals surface area contributed by atoms with Crippen molar-refractivity contribution in [1.82, 2.24) is 0 Å². The minimum atomic E-state index is 0.708. The summed E-state index contributed by atoms with van der Waals surface area (Å²) < 4.78 is 0. The second-order valence-corrected chi connectivity index (χ2v) is 3.33. The first-order chi connectivity index (χ1) is 5.83. The molecule has 0 bridgehead atoms. The van der Waals surface area contributed by atoms with Crippen LogP contribution >= 0.6 is 0 Å². The van der Waals surface area contributed by atoms with Crippen molar-refractivity contribution in [2.24, 2.45) is 0 Å².